The second-order valence-corrected chi connectivity index (χ2v) is 3.90. The highest BCUT2D eigenvalue weighted by atomic mass is 16.4. The van der Waals surface area contributed by atoms with E-state index in [0.29, 0.717) is 6.54 Å². The summed E-state index contributed by atoms with van der Waals surface area (Å²) in [5, 5.41) is 14.3. The number of rotatable bonds is 4. The van der Waals surface area contributed by atoms with E-state index in [9.17, 15) is 9.90 Å². The first-order chi connectivity index (χ1) is 8.24. The Morgan fingerprint density at radius 1 is 1.24 bits per heavy atom. The van der Waals surface area contributed by atoms with Gasteiger partial charge in [-0.25, -0.2) is 0 Å². The van der Waals surface area contributed by atoms with Crippen molar-refractivity contribution in [2.45, 2.75) is 13.0 Å². The molecule has 0 radical (unpaired) electrons. The van der Waals surface area contributed by atoms with Crippen LogP contribution in [-0.2, 0) is 4.79 Å². The summed E-state index contributed by atoms with van der Waals surface area (Å²) in [7, 11) is 0. The van der Waals surface area contributed by atoms with Crippen LogP contribution in [0.1, 0.15) is 18.5 Å². The molecule has 88 valence electrons. The van der Waals surface area contributed by atoms with Gasteiger partial charge in [-0.2, -0.15) is 0 Å². The third kappa shape index (κ3) is 2.29. The molecule has 0 spiro atoms. The zero-order valence-corrected chi connectivity index (χ0v) is 9.68. The van der Waals surface area contributed by atoms with Gasteiger partial charge in [0.25, 0.3) is 0 Å². The van der Waals surface area contributed by atoms with Crippen molar-refractivity contribution in [3.63, 3.8) is 0 Å². The Labute approximate surface area is 100 Å². The summed E-state index contributed by atoms with van der Waals surface area (Å²) in [4.78, 5) is 11.3. The molecule has 0 fully saturated rings. The van der Waals surface area contributed by atoms with Crippen LogP contribution in [0.3, 0.4) is 0 Å². The van der Waals surface area contributed by atoms with Crippen LogP contribution in [0.5, 0.6) is 0 Å². The van der Waals surface area contributed by atoms with Gasteiger partial charge in [0.1, 0.15) is 6.04 Å². The number of carboxylic acid groups (broad SMARTS) is 1. The maximum absolute atomic E-state index is 11.3. The van der Waals surface area contributed by atoms with Crippen LogP contribution in [0.4, 0.5) is 0 Å². The van der Waals surface area contributed by atoms with Crippen molar-refractivity contribution in [3.8, 4) is 0 Å². The number of hydrogen-bond acceptors (Lipinski definition) is 2. The fourth-order valence-corrected chi connectivity index (χ4v) is 2.04. The quantitative estimate of drug-likeness (QED) is 0.847. The van der Waals surface area contributed by atoms with E-state index in [1.54, 1.807) is 0 Å². The van der Waals surface area contributed by atoms with Gasteiger partial charge in [-0.15, -0.1) is 0 Å². The van der Waals surface area contributed by atoms with Gasteiger partial charge >= 0.3 is 5.97 Å². The van der Waals surface area contributed by atoms with Gasteiger partial charge in [0.2, 0.25) is 0 Å². The summed E-state index contributed by atoms with van der Waals surface area (Å²) < 4.78 is 0. The van der Waals surface area contributed by atoms with Crippen LogP contribution in [0, 0.1) is 0 Å². The summed E-state index contributed by atoms with van der Waals surface area (Å²) in [6.45, 7) is 2.53. The van der Waals surface area contributed by atoms with E-state index < -0.39 is 12.0 Å². The maximum atomic E-state index is 11.3. The molecule has 0 amide bonds. The molecule has 0 aromatic heterocycles. The highest BCUT2D eigenvalue weighted by Gasteiger charge is 2.20. The van der Waals surface area contributed by atoms with Crippen LogP contribution in [0.2, 0.25) is 0 Å². The van der Waals surface area contributed by atoms with Gasteiger partial charge < -0.3 is 10.4 Å². The van der Waals surface area contributed by atoms with Crippen molar-refractivity contribution in [3.05, 3.63) is 48.0 Å². The molecule has 1 unspecified atom stereocenters. The first-order valence-corrected chi connectivity index (χ1v) is 5.68. The second-order valence-electron chi connectivity index (χ2n) is 3.90. The number of nitrogens with one attached hydrogen (secondary N) is 1. The van der Waals surface area contributed by atoms with Crippen molar-refractivity contribution in [1.29, 1.82) is 0 Å². The molecule has 0 aliphatic heterocycles. The number of carboxylic acids is 1. The first-order valence-electron chi connectivity index (χ1n) is 5.68. The lowest BCUT2D eigenvalue weighted by Gasteiger charge is -2.15. The predicted octanol–water partition coefficient (Wildman–Crippen LogP) is 2.58. The molecule has 2 N–H and O–H groups in total. The average Bonchev–Trinajstić information content (AvgIpc) is 2.35. The fraction of sp³-hybridized carbons (Fsp3) is 0.214. The number of likely N-dealkylation sites (N-methyl/N-ethyl adjacent to an activating group) is 1. The van der Waals surface area contributed by atoms with Crippen molar-refractivity contribution in [2.24, 2.45) is 0 Å². The molecule has 2 rings (SSSR count). The molecule has 0 aliphatic carbocycles. The van der Waals surface area contributed by atoms with Gasteiger partial charge in [-0.3, -0.25) is 4.79 Å². The number of hydrogen-bond donors (Lipinski definition) is 2. The third-order valence-corrected chi connectivity index (χ3v) is 2.79. The van der Waals surface area contributed by atoms with Crippen molar-refractivity contribution < 1.29 is 9.90 Å². The Balaban J connectivity index is 2.56. The molecule has 0 aliphatic rings. The zero-order chi connectivity index (χ0) is 12.3. The van der Waals surface area contributed by atoms with Gasteiger partial charge in [0.15, 0.2) is 0 Å². The molecule has 0 heterocycles. The third-order valence-electron chi connectivity index (χ3n) is 2.79. The number of fused-ring (bicyclic) bond motifs is 1. The monoisotopic (exact) mass is 229 g/mol. The van der Waals surface area contributed by atoms with Crippen LogP contribution >= 0.6 is 0 Å². The predicted molar refractivity (Wildman–Crippen MR) is 68.0 cm³/mol. The van der Waals surface area contributed by atoms with E-state index in [1.807, 2.05) is 49.4 Å². The van der Waals surface area contributed by atoms with E-state index >= 15 is 0 Å². The van der Waals surface area contributed by atoms with E-state index in [-0.39, 0.29) is 0 Å². The summed E-state index contributed by atoms with van der Waals surface area (Å²) >= 11 is 0. The fourth-order valence-electron chi connectivity index (χ4n) is 2.04. The number of aliphatic carboxylic acids is 1. The Morgan fingerprint density at radius 2 is 1.94 bits per heavy atom. The lowest BCUT2D eigenvalue weighted by atomic mass is 9.99. The van der Waals surface area contributed by atoms with E-state index in [4.69, 9.17) is 0 Å². The molecule has 0 saturated heterocycles. The average molecular weight is 229 g/mol. The summed E-state index contributed by atoms with van der Waals surface area (Å²) in [5.74, 6) is -0.844. The van der Waals surface area contributed by atoms with Crippen LogP contribution in [-0.4, -0.2) is 17.6 Å². The molecule has 2 aromatic carbocycles. The summed E-state index contributed by atoms with van der Waals surface area (Å²) in [5.41, 5.74) is 0.817. The molecule has 2 aromatic rings. The minimum atomic E-state index is -0.844. The molecular weight excluding hydrogens is 214 g/mol. The van der Waals surface area contributed by atoms with E-state index in [0.717, 1.165) is 16.3 Å². The first kappa shape index (κ1) is 11.6. The molecular formula is C14H15NO2. The molecule has 3 heteroatoms. The minimum Gasteiger partial charge on any atom is -0.480 e. The van der Waals surface area contributed by atoms with E-state index in [1.165, 1.54) is 0 Å². The van der Waals surface area contributed by atoms with Crippen LogP contribution in [0.15, 0.2) is 42.5 Å². The largest absolute Gasteiger partial charge is 0.480 e. The van der Waals surface area contributed by atoms with Crippen LogP contribution < -0.4 is 5.32 Å². The smallest absolute Gasteiger partial charge is 0.325 e. The molecule has 3 nitrogen and oxygen atoms in total. The lowest BCUT2D eigenvalue weighted by molar-refractivity contribution is -0.139. The summed E-state index contributed by atoms with van der Waals surface area (Å²) in [6.07, 6.45) is 0. The minimum absolute atomic E-state index is 0.625. The maximum Gasteiger partial charge on any atom is 0.325 e. The van der Waals surface area contributed by atoms with Crippen molar-refractivity contribution in [2.75, 3.05) is 6.54 Å². The SMILES string of the molecule is CCNC(C(=O)O)c1cccc2ccccc12. The summed E-state index contributed by atoms with van der Waals surface area (Å²) in [6, 6.07) is 12.9. The highest BCUT2D eigenvalue weighted by molar-refractivity contribution is 5.90. The van der Waals surface area contributed by atoms with Gasteiger partial charge in [0, 0.05) is 0 Å². The Hall–Kier alpha value is -1.87. The second kappa shape index (κ2) is 4.97. The molecule has 1 atom stereocenters. The highest BCUT2D eigenvalue weighted by Crippen LogP contribution is 2.24. The molecule has 0 bridgehead atoms. The van der Waals surface area contributed by atoms with E-state index in [2.05, 4.69) is 5.32 Å². The number of benzene rings is 2. The molecule has 17 heavy (non-hydrogen) atoms. The Morgan fingerprint density at radius 3 is 2.65 bits per heavy atom. The van der Waals surface area contributed by atoms with Crippen molar-refractivity contribution in [1.82, 2.24) is 5.32 Å². The molecule has 0 saturated carbocycles. The zero-order valence-electron chi connectivity index (χ0n) is 9.68. The Bertz CT molecular complexity index is 531. The van der Waals surface area contributed by atoms with Crippen molar-refractivity contribution >= 4 is 16.7 Å². The normalized spacial score (nSPS) is 12.5. The van der Waals surface area contributed by atoms with Gasteiger partial charge in [-0.1, -0.05) is 49.4 Å². The van der Waals surface area contributed by atoms with Gasteiger partial charge in [0.05, 0.1) is 0 Å². The number of carbonyl (C=O) groups is 1. The van der Waals surface area contributed by atoms with Crippen LogP contribution in [0.25, 0.3) is 10.8 Å². The van der Waals surface area contributed by atoms with Gasteiger partial charge in [-0.05, 0) is 22.9 Å². The Kier molecular flexibility index (Phi) is 3.40. The lowest BCUT2D eigenvalue weighted by Crippen LogP contribution is -2.28. The topological polar surface area (TPSA) is 49.3 Å². The standard InChI is InChI=1S/C14H15NO2/c1-2-15-13(14(16)17)12-9-5-7-10-6-3-4-8-11(10)12/h3-9,13,15H,2H2,1H3,(H,16,17).